The molecule has 5 nitrogen and oxygen atoms in total. The molecule has 0 saturated heterocycles. The van der Waals surface area contributed by atoms with Gasteiger partial charge in [0.05, 0.1) is 0 Å². The Morgan fingerprint density at radius 1 is 1.25 bits per heavy atom. The molecular formula is C17H22F2N4O. The third-order valence-electron chi connectivity index (χ3n) is 3.77. The molecule has 7 heteroatoms. The quantitative estimate of drug-likeness (QED) is 0.779. The highest BCUT2D eigenvalue weighted by molar-refractivity contribution is 5.80. The lowest BCUT2D eigenvalue weighted by atomic mass is 10.1. The van der Waals surface area contributed by atoms with Crippen LogP contribution in [-0.2, 0) is 11.3 Å². The van der Waals surface area contributed by atoms with E-state index in [0.717, 1.165) is 12.1 Å². The van der Waals surface area contributed by atoms with Crippen molar-refractivity contribution in [2.75, 3.05) is 27.2 Å². The monoisotopic (exact) mass is 336 g/mol. The van der Waals surface area contributed by atoms with E-state index in [2.05, 4.69) is 5.10 Å². The molecular weight excluding hydrogens is 314 g/mol. The van der Waals surface area contributed by atoms with Crippen LogP contribution in [0.5, 0.6) is 0 Å². The van der Waals surface area contributed by atoms with Gasteiger partial charge in [-0.3, -0.25) is 9.48 Å². The Bertz CT molecular complexity index is 673. The molecule has 0 aliphatic rings. The van der Waals surface area contributed by atoms with E-state index in [4.69, 9.17) is 0 Å². The molecule has 1 amide bonds. The topological polar surface area (TPSA) is 41.4 Å². The van der Waals surface area contributed by atoms with Crippen molar-refractivity contribution in [3.8, 4) is 0 Å². The van der Waals surface area contributed by atoms with Crippen molar-refractivity contribution in [2.24, 2.45) is 0 Å². The molecule has 130 valence electrons. The molecule has 1 heterocycles. The highest BCUT2D eigenvalue weighted by Gasteiger charge is 2.22. The number of carbonyl (C=O) groups excluding carboxylic acids is 1. The van der Waals surface area contributed by atoms with Crippen LogP contribution in [0.2, 0.25) is 0 Å². The van der Waals surface area contributed by atoms with Crippen LogP contribution in [0, 0.1) is 11.6 Å². The predicted octanol–water partition coefficient (Wildman–Crippen LogP) is 2.31. The second-order valence-electron chi connectivity index (χ2n) is 5.97. The minimum absolute atomic E-state index is 0.120. The van der Waals surface area contributed by atoms with Crippen LogP contribution in [0.3, 0.4) is 0 Å². The number of amides is 1. The number of hydrogen-bond acceptors (Lipinski definition) is 3. The fourth-order valence-corrected chi connectivity index (χ4v) is 2.33. The van der Waals surface area contributed by atoms with E-state index in [0.29, 0.717) is 18.7 Å². The summed E-state index contributed by atoms with van der Waals surface area (Å²) >= 11 is 0. The van der Waals surface area contributed by atoms with E-state index in [1.165, 1.54) is 6.07 Å². The number of carbonyl (C=O) groups is 1. The summed E-state index contributed by atoms with van der Waals surface area (Å²) in [5, 5.41) is 4.10. The number of benzene rings is 1. The van der Waals surface area contributed by atoms with Gasteiger partial charge in [-0.2, -0.15) is 5.10 Å². The number of likely N-dealkylation sites (N-methyl/N-ethyl adjacent to an activating group) is 1. The van der Waals surface area contributed by atoms with E-state index in [1.54, 1.807) is 35.0 Å². The third kappa shape index (κ3) is 4.61. The molecule has 1 atom stereocenters. The number of nitrogens with zero attached hydrogens (tertiary/aromatic N) is 4. The summed E-state index contributed by atoms with van der Waals surface area (Å²) in [5.74, 6) is -1.92. The molecule has 0 saturated carbocycles. The zero-order chi connectivity index (χ0) is 17.7. The van der Waals surface area contributed by atoms with Crippen molar-refractivity contribution in [3.63, 3.8) is 0 Å². The van der Waals surface area contributed by atoms with E-state index in [-0.39, 0.29) is 12.5 Å². The van der Waals surface area contributed by atoms with Gasteiger partial charge in [0.2, 0.25) is 5.91 Å². The van der Waals surface area contributed by atoms with Crippen LogP contribution < -0.4 is 0 Å². The van der Waals surface area contributed by atoms with Crippen molar-refractivity contribution in [1.29, 1.82) is 0 Å². The van der Waals surface area contributed by atoms with E-state index >= 15 is 0 Å². The van der Waals surface area contributed by atoms with Gasteiger partial charge in [0.25, 0.3) is 0 Å². The molecule has 1 aromatic heterocycles. The summed E-state index contributed by atoms with van der Waals surface area (Å²) in [7, 11) is 3.83. The van der Waals surface area contributed by atoms with E-state index < -0.39 is 17.7 Å². The van der Waals surface area contributed by atoms with Gasteiger partial charge in [0.15, 0.2) is 11.6 Å². The third-order valence-corrected chi connectivity index (χ3v) is 3.77. The summed E-state index contributed by atoms with van der Waals surface area (Å²) in [6.07, 6.45) is 3.34. The van der Waals surface area contributed by atoms with E-state index in [9.17, 15) is 13.6 Å². The Morgan fingerprint density at radius 3 is 2.58 bits per heavy atom. The average molecular weight is 336 g/mol. The molecule has 1 aromatic carbocycles. The lowest BCUT2D eigenvalue weighted by molar-refractivity contribution is -0.135. The maximum Gasteiger partial charge on any atom is 0.247 e. The summed E-state index contributed by atoms with van der Waals surface area (Å²) < 4.78 is 28.1. The van der Waals surface area contributed by atoms with Crippen molar-refractivity contribution >= 4 is 5.91 Å². The van der Waals surface area contributed by atoms with Gasteiger partial charge in [0.1, 0.15) is 6.04 Å². The molecule has 0 fully saturated rings. The van der Waals surface area contributed by atoms with Gasteiger partial charge < -0.3 is 9.80 Å². The summed E-state index contributed by atoms with van der Waals surface area (Å²) in [4.78, 5) is 16.4. The normalized spacial score (nSPS) is 12.4. The number of halogens is 2. The fourth-order valence-electron chi connectivity index (χ4n) is 2.33. The van der Waals surface area contributed by atoms with Crippen LogP contribution >= 0.6 is 0 Å². The molecule has 0 N–H and O–H groups in total. The summed E-state index contributed by atoms with van der Waals surface area (Å²) in [6.45, 7) is 3.14. The molecule has 0 bridgehead atoms. The van der Waals surface area contributed by atoms with Gasteiger partial charge >= 0.3 is 0 Å². The first-order valence-electron chi connectivity index (χ1n) is 7.75. The molecule has 0 aliphatic heterocycles. The molecule has 0 aliphatic carbocycles. The Balaban J connectivity index is 2.16. The first-order valence-corrected chi connectivity index (χ1v) is 7.75. The Morgan fingerprint density at radius 2 is 2.00 bits per heavy atom. The molecule has 1 unspecified atom stereocenters. The van der Waals surface area contributed by atoms with Crippen LogP contribution in [0.4, 0.5) is 8.78 Å². The van der Waals surface area contributed by atoms with Crippen molar-refractivity contribution < 1.29 is 13.6 Å². The molecule has 2 aromatic rings. The molecule has 24 heavy (non-hydrogen) atoms. The standard InChI is InChI=1S/C17H22F2N4O/c1-13(23-8-4-7-20-23)17(24)22(10-9-21(2)3)12-14-5-6-15(18)16(19)11-14/h4-8,11,13H,9-10,12H2,1-3H3. The van der Waals surface area contributed by atoms with Crippen molar-refractivity contribution in [2.45, 2.75) is 19.5 Å². The molecule has 0 radical (unpaired) electrons. The van der Waals surface area contributed by atoms with Crippen molar-refractivity contribution in [3.05, 3.63) is 53.9 Å². The SMILES string of the molecule is CC(C(=O)N(CCN(C)C)Cc1ccc(F)c(F)c1)n1cccn1. The van der Waals surface area contributed by atoms with Crippen LogP contribution in [-0.4, -0.2) is 52.7 Å². The lowest BCUT2D eigenvalue weighted by Crippen LogP contribution is -2.40. The average Bonchev–Trinajstić information content (AvgIpc) is 3.07. The maximum absolute atomic E-state index is 13.4. The zero-order valence-electron chi connectivity index (χ0n) is 14.1. The first kappa shape index (κ1) is 18.1. The number of aromatic nitrogens is 2. The second-order valence-corrected chi connectivity index (χ2v) is 5.97. The van der Waals surface area contributed by atoms with Gasteiger partial charge in [-0.1, -0.05) is 6.07 Å². The highest BCUT2D eigenvalue weighted by Crippen LogP contribution is 2.15. The van der Waals surface area contributed by atoms with Crippen LogP contribution in [0.25, 0.3) is 0 Å². The minimum Gasteiger partial charge on any atom is -0.335 e. The summed E-state index contributed by atoms with van der Waals surface area (Å²) in [5.41, 5.74) is 0.550. The van der Waals surface area contributed by atoms with Gasteiger partial charge in [-0.25, -0.2) is 8.78 Å². The number of rotatable bonds is 7. The van der Waals surface area contributed by atoms with E-state index in [1.807, 2.05) is 19.0 Å². The predicted molar refractivity (Wildman–Crippen MR) is 87.3 cm³/mol. The first-order chi connectivity index (χ1) is 11.4. The van der Waals surface area contributed by atoms with Gasteiger partial charge in [-0.15, -0.1) is 0 Å². The maximum atomic E-state index is 13.4. The smallest absolute Gasteiger partial charge is 0.247 e. The molecule has 0 spiro atoms. The highest BCUT2D eigenvalue weighted by atomic mass is 19.2. The largest absolute Gasteiger partial charge is 0.335 e. The zero-order valence-corrected chi connectivity index (χ0v) is 14.1. The lowest BCUT2D eigenvalue weighted by Gasteiger charge is -2.27. The summed E-state index contributed by atoms with van der Waals surface area (Å²) in [6, 6.07) is 4.99. The van der Waals surface area contributed by atoms with Crippen LogP contribution in [0.15, 0.2) is 36.7 Å². The molecule has 2 rings (SSSR count). The Kier molecular flexibility index (Phi) is 6.03. The van der Waals surface area contributed by atoms with Crippen LogP contribution in [0.1, 0.15) is 18.5 Å². The Hall–Kier alpha value is -2.28. The minimum atomic E-state index is -0.910. The van der Waals surface area contributed by atoms with Crippen molar-refractivity contribution in [1.82, 2.24) is 19.6 Å². The fraction of sp³-hybridized carbons (Fsp3) is 0.412. The second kappa shape index (κ2) is 8.01. The Labute approximate surface area is 140 Å². The van der Waals surface area contributed by atoms with Gasteiger partial charge in [0, 0.05) is 32.0 Å². The van der Waals surface area contributed by atoms with Gasteiger partial charge in [-0.05, 0) is 44.8 Å². The number of hydrogen-bond donors (Lipinski definition) is 0.